The highest BCUT2D eigenvalue weighted by Crippen LogP contribution is 2.31. The van der Waals surface area contributed by atoms with Gasteiger partial charge in [-0.2, -0.15) is 4.98 Å². The zero-order valence-electron chi connectivity index (χ0n) is 21.4. The van der Waals surface area contributed by atoms with Crippen molar-refractivity contribution in [1.82, 2.24) is 14.9 Å². The van der Waals surface area contributed by atoms with Crippen molar-refractivity contribution in [2.24, 2.45) is 5.92 Å². The Hall–Kier alpha value is -3.46. The fourth-order valence-electron chi connectivity index (χ4n) is 4.62. The first-order valence-electron chi connectivity index (χ1n) is 12.0. The van der Waals surface area contributed by atoms with Crippen LogP contribution in [0.25, 0.3) is 11.3 Å². The summed E-state index contributed by atoms with van der Waals surface area (Å²) in [5.41, 5.74) is 3.71. The van der Waals surface area contributed by atoms with Crippen molar-refractivity contribution >= 4 is 21.9 Å². The highest BCUT2D eigenvalue weighted by atomic mass is 32.2. The van der Waals surface area contributed by atoms with Gasteiger partial charge in [-0.3, -0.25) is 4.79 Å². The van der Waals surface area contributed by atoms with E-state index in [1.54, 1.807) is 30.1 Å². The Morgan fingerprint density at radius 1 is 1.06 bits per heavy atom. The predicted molar refractivity (Wildman–Crippen MR) is 140 cm³/mol. The first kappa shape index (κ1) is 25.6. The number of aryl methyl sites for hydroxylation is 2. The van der Waals surface area contributed by atoms with Gasteiger partial charge in [-0.15, -0.1) is 0 Å². The van der Waals surface area contributed by atoms with Crippen LogP contribution in [0.2, 0.25) is 0 Å². The Bertz CT molecular complexity index is 1380. The highest BCUT2D eigenvalue weighted by Gasteiger charge is 2.30. The highest BCUT2D eigenvalue weighted by molar-refractivity contribution is 7.92. The molecule has 1 aliphatic heterocycles. The van der Waals surface area contributed by atoms with Crippen molar-refractivity contribution in [2.75, 3.05) is 11.8 Å². The van der Waals surface area contributed by atoms with E-state index in [2.05, 4.69) is 28.5 Å². The van der Waals surface area contributed by atoms with Crippen molar-refractivity contribution < 1.29 is 17.9 Å². The van der Waals surface area contributed by atoms with Crippen molar-refractivity contribution in [3.63, 3.8) is 0 Å². The monoisotopic (exact) mass is 508 g/mol. The molecule has 4 bridgehead atoms. The third-order valence-corrected chi connectivity index (χ3v) is 7.76. The minimum Gasteiger partial charge on any atom is -0.472 e. The Morgan fingerprint density at radius 2 is 1.72 bits per heavy atom. The molecule has 0 spiro atoms. The Balaban J connectivity index is 1.93. The van der Waals surface area contributed by atoms with Gasteiger partial charge in [0.05, 0.1) is 16.6 Å². The lowest BCUT2D eigenvalue weighted by molar-refractivity contribution is 0.0496. The molecule has 36 heavy (non-hydrogen) atoms. The van der Waals surface area contributed by atoms with Gasteiger partial charge in [-0.05, 0) is 62.4 Å². The van der Waals surface area contributed by atoms with Gasteiger partial charge in [-0.1, -0.05) is 38.1 Å². The van der Waals surface area contributed by atoms with Crippen LogP contribution in [0.1, 0.15) is 48.7 Å². The van der Waals surface area contributed by atoms with E-state index in [9.17, 15) is 13.2 Å². The molecule has 0 unspecified atom stereocenters. The van der Waals surface area contributed by atoms with Crippen LogP contribution in [0.15, 0.2) is 53.4 Å². The van der Waals surface area contributed by atoms with Gasteiger partial charge in [0.2, 0.25) is 11.8 Å². The average molecular weight is 509 g/mol. The van der Waals surface area contributed by atoms with Gasteiger partial charge in [0.15, 0.2) is 0 Å². The Labute approximate surface area is 212 Å². The number of nitrogens with one attached hydrogen (secondary N) is 1. The normalized spacial score (nSPS) is 19.5. The van der Waals surface area contributed by atoms with Crippen LogP contribution < -0.4 is 9.46 Å². The molecule has 0 aliphatic carbocycles. The topological polar surface area (TPSA) is 101 Å². The molecular weight excluding hydrogens is 476 g/mol. The van der Waals surface area contributed by atoms with E-state index in [1.807, 2.05) is 39.0 Å². The fourth-order valence-corrected chi connectivity index (χ4v) is 5.61. The lowest BCUT2D eigenvalue weighted by Crippen LogP contribution is -2.46. The number of ether oxygens (including phenoxy) is 1. The van der Waals surface area contributed by atoms with E-state index in [0.717, 1.165) is 16.7 Å². The summed E-state index contributed by atoms with van der Waals surface area (Å²) in [6.07, 6.45) is 0.275. The molecule has 1 aromatic heterocycles. The molecular formula is C27H32N4O4S. The van der Waals surface area contributed by atoms with Crippen molar-refractivity contribution in [3.8, 4) is 17.1 Å². The number of anilines is 1. The van der Waals surface area contributed by atoms with Gasteiger partial charge < -0.3 is 9.64 Å². The molecule has 1 amide bonds. The maximum Gasteiger partial charge on any atom is 0.264 e. The maximum atomic E-state index is 13.4. The van der Waals surface area contributed by atoms with Crippen LogP contribution >= 0.6 is 0 Å². The number of hydrogen-bond donors (Lipinski definition) is 1. The molecule has 0 fully saturated rings. The van der Waals surface area contributed by atoms with Crippen LogP contribution in [0.3, 0.4) is 0 Å². The van der Waals surface area contributed by atoms with Crippen LogP contribution in [-0.2, 0) is 10.0 Å². The van der Waals surface area contributed by atoms with E-state index < -0.39 is 16.1 Å². The number of sulfonamides is 1. The number of rotatable bonds is 3. The van der Waals surface area contributed by atoms with Gasteiger partial charge in [0.25, 0.3) is 15.9 Å². The number of carbonyl (C=O) groups excluding carboxylic acids is 1. The quantitative estimate of drug-likeness (QED) is 0.544. The van der Waals surface area contributed by atoms with E-state index in [1.165, 1.54) is 12.1 Å². The molecule has 4 rings (SSSR count). The number of benzene rings is 2. The summed E-state index contributed by atoms with van der Waals surface area (Å²) in [6, 6.07) is 13.4. The zero-order valence-corrected chi connectivity index (χ0v) is 22.3. The van der Waals surface area contributed by atoms with E-state index in [4.69, 9.17) is 4.74 Å². The molecule has 2 atom stereocenters. The average Bonchev–Trinajstić information content (AvgIpc) is 2.80. The summed E-state index contributed by atoms with van der Waals surface area (Å²) in [7, 11) is -2.34. The van der Waals surface area contributed by atoms with Gasteiger partial charge in [0, 0.05) is 24.2 Å². The van der Waals surface area contributed by atoms with Crippen molar-refractivity contribution in [2.45, 2.75) is 58.1 Å². The molecule has 1 N–H and O–H groups in total. The lowest BCUT2D eigenvalue weighted by Gasteiger charge is -2.34. The first-order chi connectivity index (χ1) is 17.0. The minimum atomic E-state index is -4.07. The van der Waals surface area contributed by atoms with Crippen molar-refractivity contribution in [1.29, 1.82) is 0 Å². The molecule has 0 saturated carbocycles. The van der Waals surface area contributed by atoms with E-state index in [0.29, 0.717) is 18.0 Å². The minimum absolute atomic E-state index is 0.0435. The van der Waals surface area contributed by atoms with E-state index in [-0.39, 0.29) is 34.2 Å². The largest absolute Gasteiger partial charge is 0.472 e. The molecule has 1 aliphatic rings. The van der Waals surface area contributed by atoms with Gasteiger partial charge in [0.1, 0.15) is 6.10 Å². The summed E-state index contributed by atoms with van der Waals surface area (Å²) in [4.78, 5) is 23.9. The number of fused-ring (bicyclic) bond motifs is 4. The number of aromatic nitrogens is 2. The predicted octanol–water partition coefficient (Wildman–Crippen LogP) is 4.83. The van der Waals surface area contributed by atoms with Gasteiger partial charge >= 0.3 is 0 Å². The molecule has 2 aromatic carbocycles. The maximum absolute atomic E-state index is 13.4. The molecule has 0 saturated heterocycles. The first-order valence-corrected chi connectivity index (χ1v) is 13.5. The summed E-state index contributed by atoms with van der Waals surface area (Å²) >= 11 is 0. The molecule has 3 aromatic rings. The fraction of sp³-hybridized carbons (Fsp3) is 0.370. The Kier molecular flexibility index (Phi) is 7.04. The second-order valence-corrected chi connectivity index (χ2v) is 11.4. The lowest BCUT2D eigenvalue weighted by atomic mass is 9.97. The third kappa shape index (κ3) is 5.21. The molecule has 190 valence electrons. The summed E-state index contributed by atoms with van der Waals surface area (Å²) < 4.78 is 35.3. The van der Waals surface area contributed by atoms with Crippen LogP contribution in [0, 0.1) is 19.8 Å². The number of amides is 1. The van der Waals surface area contributed by atoms with Crippen LogP contribution in [0.4, 0.5) is 5.95 Å². The smallest absolute Gasteiger partial charge is 0.264 e. The standard InChI is InChI=1S/C27H32N4O4S/c1-16(2)13-23-19(5)35-24-15-22(25-17(3)9-7-10-18(25)4)28-27(29-24)30-36(33,34)21-12-8-11-20(14-21)26(32)31(23)6/h7-12,14-16,19,23H,13H2,1-6H3,(H,28,29,30)/t19-,23+/m0/s1. The second-order valence-electron chi connectivity index (χ2n) is 9.75. The molecule has 2 heterocycles. The summed E-state index contributed by atoms with van der Waals surface area (Å²) in [6.45, 7) is 10.0. The number of carbonyl (C=O) groups is 1. The molecule has 9 heteroatoms. The summed E-state index contributed by atoms with van der Waals surface area (Å²) in [5.74, 6) is 0.156. The van der Waals surface area contributed by atoms with Crippen LogP contribution in [0.5, 0.6) is 5.88 Å². The Morgan fingerprint density at radius 3 is 2.39 bits per heavy atom. The van der Waals surface area contributed by atoms with Crippen LogP contribution in [-0.4, -0.2) is 48.4 Å². The third-order valence-electron chi connectivity index (χ3n) is 6.44. The number of likely N-dealkylation sites (N-methyl/N-ethyl adjacent to an activating group) is 1. The summed E-state index contributed by atoms with van der Waals surface area (Å²) in [5, 5.41) is 0. The van der Waals surface area contributed by atoms with E-state index >= 15 is 0 Å². The number of hydrogen-bond acceptors (Lipinski definition) is 6. The SMILES string of the molecule is Cc1cccc(C)c1-c1cc2nc(n1)NS(=O)(=O)c1cccc(c1)C(=O)N(C)[C@H](CC(C)C)[C@H](C)O2. The van der Waals surface area contributed by atoms with Gasteiger partial charge in [-0.25, -0.2) is 18.1 Å². The number of nitrogens with zero attached hydrogens (tertiary/aromatic N) is 3. The zero-order chi connectivity index (χ0) is 26.2. The van der Waals surface area contributed by atoms with Crippen molar-refractivity contribution in [3.05, 3.63) is 65.2 Å². The molecule has 8 nitrogen and oxygen atoms in total. The molecule has 0 radical (unpaired) electrons. The second kappa shape index (κ2) is 9.89.